The van der Waals surface area contributed by atoms with Gasteiger partial charge in [0, 0.05) is 19.2 Å². The number of aliphatic hydroxyl groups excluding tert-OH is 1. The molecule has 1 N–H and O–H groups in total. The van der Waals surface area contributed by atoms with Crippen LogP contribution >= 0.6 is 0 Å². The number of benzene rings is 1. The lowest BCUT2D eigenvalue weighted by atomic mass is 9.77. The van der Waals surface area contributed by atoms with Crippen molar-refractivity contribution in [2.75, 3.05) is 32.2 Å². The first kappa shape index (κ1) is 18.2. The van der Waals surface area contributed by atoms with E-state index < -0.39 is 0 Å². The molecule has 1 aromatic carbocycles. The minimum atomic E-state index is -0.386. The molecule has 0 bridgehead atoms. The molecule has 152 valence electrons. The van der Waals surface area contributed by atoms with Gasteiger partial charge in [0.25, 0.3) is 0 Å². The Bertz CT molecular complexity index is 1000. The first-order chi connectivity index (χ1) is 14.2. The lowest BCUT2D eigenvalue weighted by molar-refractivity contribution is 0.0375. The number of methoxy groups -OCH3 is 2. The summed E-state index contributed by atoms with van der Waals surface area (Å²) in [6, 6.07) is 10.3. The molecule has 2 aromatic heterocycles. The highest BCUT2D eigenvalue weighted by Crippen LogP contribution is 2.43. The molecule has 3 heterocycles. The Morgan fingerprint density at radius 3 is 2.62 bits per heavy atom. The molecule has 0 amide bonds. The van der Waals surface area contributed by atoms with Gasteiger partial charge in [-0.05, 0) is 36.8 Å². The molecule has 4 atom stereocenters. The van der Waals surface area contributed by atoms with E-state index >= 15 is 0 Å². The molecule has 2 aliphatic rings. The van der Waals surface area contributed by atoms with Crippen LogP contribution in [0.5, 0.6) is 11.9 Å². The second kappa shape index (κ2) is 7.18. The van der Waals surface area contributed by atoms with E-state index in [2.05, 4.69) is 30.5 Å². The lowest BCUT2D eigenvalue weighted by Gasteiger charge is -2.36. The van der Waals surface area contributed by atoms with Crippen molar-refractivity contribution in [3.63, 3.8) is 0 Å². The molecule has 1 aliphatic heterocycles. The summed E-state index contributed by atoms with van der Waals surface area (Å²) >= 11 is 0. The van der Waals surface area contributed by atoms with Crippen molar-refractivity contribution < 1.29 is 14.6 Å². The van der Waals surface area contributed by atoms with Gasteiger partial charge in [0.2, 0.25) is 5.88 Å². The normalized spacial score (nSPS) is 26.5. The fourth-order valence-corrected chi connectivity index (χ4v) is 4.89. The number of aliphatic hydroxyl groups is 1. The number of hydrogen-bond donors (Lipinski definition) is 1. The van der Waals surface area contributed by atoms with Crippen LogP contribution in [0.3, 0.4) is 0 Å². The van der Waals surface area contributed by atoms with Gasteiger partial charge in [-0.3, -0.25) is 0 Å². The van der Waals surface area contributed by atoms with E-state index in [-0.39, 0.29) is 12.1 Å². The monoisotopic (exact) mass is 395 g/mol. The van der Waals surface area contributed by atoms with Crippen molar-refractivity contribution >= 4 is 16.9 Å². The molecule has 5 rings (SSSR count). The van der Waals surface area contributed by atoms with E-state index in [0.29, 0.717) is 23.7 Å². The first-order valence-corrected chi connectivity index (χ1v) is 9.98. The number of imidazole rings is 1. The van der Waals surface area contributed by atoms with Crippen LogP contribution in [-0.4, -0.2) is 58.0 Å². The smallest absolute Gasteiger partial charge is 0.321 e. The van der Waals surface area contributed by atoms with Gasteiger partial charge in [-0.15, -0.1) is 0 Å². The maximum atomic E-state index is 10.9. The van der Waals surface area contributed by atoms with Gasteiger partial charge in [0.1, 0.15) is 5.82 Å². The van der Waals surface area contributed by atoms with E-state index in [1.54, 1.807) is 14.2 Å². The number of nitrogens with zero attached hydrogens (tertiary/aromatic N) is 5. The molecule has 8 nitrogen and oxygen atoms in total. The molecule has 29 heavy (non-hydrogen) atoms. The largest absolute Gasteiger partial charge is 0.481 e. The highest BCUT2D eigenvalue weighted by molar-refractivity contribution is 5.75. The second-order valence-electron chi connectivity index (χ2n) is 7.93. The Morgan fingerprint density at radius 2 is 1.83 bits per heavy atom. The number of para-hydroxylation sites is 2. The minimum Gasteiger partial charge on any atom is -0.481 e. The third-order valence-corrected chi connectivity index (χ3v) is 6.33. The summed E-state index contributed by atoms with van der Waals surface area (Å²) in [5.41, 5.74) is 2.05. The van der Waals surface area contributed by atoms with Gasteiger partial charge in [-0.25, -0.2) is 4.98 Å². The Balaban J connectivity index is 1.39. The Hall–Kier alpha value is -2.87. The van der Waals surface area contributed by atoms with Gasteiger partial charge >= 0.3 is 6.01 Å². The van der Waals surface area contributed by atoms with Gasteiger partial charge in [0.15, 0.2) is 0 Å². The van der Waals surface area contributed by atoms with Crippen molar-refractivity contribution in [2.45, 2.75) is 25.0 Å². The SMILES string of the molecule is COc1cc(N2C[C@H]3C[C@@H](n4cnc5ccccc54)[C@H](O)C[C@H]3C2)nc(OC)n1. The molecule has 1 saturated carbocycles. The summed E-state index contributed by atoms with van der Waals surface area (Å²) in [4.78, 5) is 15.5. The zero-order valence-electron chi connectivity index (χ0n) is 16.6. The van der Waals surface area contributed by atoms with Crippen LogP contribution in [0, 0.1) is 11.8 Å². The summed E-state index contributed by atoms with van der Waals surface area (Å²) in [6.07, 6.45) is 3.18. The average Bonchev–Trinajstić information content (AvgIpc) is 3.36. The van der Waals surface area contributed by atoms with Crippen LogP contribution in [0.4, 0.5) is 5.82 Å². The molecule has 0 spiro atoms. The van der Waals surface area contributed by atoms with E-state index in [1.807, 2.05) is 30.6 Å². The standard InChI is InChI=1S/C21H25N5O3/c1-28-20-9-19(23-21(24-20)29-2)25-10-13-7-17(18(27)8-14(13)11-25)26-12-22-15-5-3-4-6-16(15)26/h3-6,9,12-14,17-18,27H,7-8,10-11H2,1-2H3/t13-,14+,17-,18-/m1/s1. The van der Waals surface area contributed by atoms with Crippen molar-refractivity contribution in [1.29, 1.82) is 0 Å². The molecule has 3 aromatic rings. The molecule has 1 aliphatic carbocycles. The van der Waals surface area contributed by atoms with Crippen LogP contribution in [0.15, 0.2) is 36.7 Å². The van der Waals surface area contributed by atoms with Crippen molar-refractivity contribution in [3.05, 3.63) is 36.7 Å². The van der Waals surface area contributed by atoms with Crippen molar-refractivity contribution in [2.24, 2.45) is 11.8 Å². The fraction of sp³-hybridized carbons (Fsp3) is 0.476. The Labute approximate surface area is 169 Å². The zero-order chi connectivity index (χ0) is 20.0. The second-order valence-corrected chi connectivity index (χ2v) is 7.93. The number of aromatic nitrogens is 4. The first-order valence-electron chi connectivity index (χ1n) is 9.98. The van der Waals surface area contributed by atoms with Crippen molar-refractivity contribution in [1.82, 2.24) is 19.5 Å². The molecule has 1 saturated heterocycles. The summed E-state index contributed by atoms with van der Waals surface area (Å²) in [6.45, 7) is 1.76. The summed E-state index contributed by atoms with van der Waals surface area (Å²) in [5, 5.41) is 10.9. The number of rotatable bonds is 4. The maximum Gasteiger partial charge on any atom is 0.321 e. The number of ether oxygens (including phenoxy) is 2. The van der Waals surface area contributed by atoms with Crippen LogP contribution in [0.1, 0.15) is 18.9 Å². The van der Waals surface area contributed by atoms with Gasteiger partial charge in [0.05, 0.1) is 43.7 Å². The number of hydrogen-bond acceptors (Lipinski definition) is 7. The Kier molecular flexibility index (Phi) is 4.50. The van der Waals surface area contributed by atoms with Crippen LogP contribution < -0.4 is 14.4 Å². The van der Waals surface area contributed by atoms with Crippen molar-refractivity contribution in [3.8, 4) is 11.9 Å². The molecule has 0 radical (unpaired) electrons. The third kappa shape index (κ3) is 3.17. The molecule has 0 unspecified atom stereocenters. The van der Waals surface area contributed by atoms with E-state index in [4.69, 9.17) is 9.47 Å². The molecule has 2 fully saturated rings. The molecule has 8 heteroatoms. The van der Waals surface area contributed by atoms with Gasteiger partial charge in [-0.1, -0.05) is 12.1 Å². The van der Waals surface area contributed by atoms with Crippen LogP contribution in [0.2, 0.25) is 0 Å². The van der Waals surface area contributed by atoms with Gasteiger partial charge < -0.3 is 24.0 Å². The summed E-state index contributed by atoms with van der Waals surface area (Å²) < 4.78 is 12.7. The fourth-order valence-electron chi connectivity index (χ4n) is 4.89. The number of anilines is 1. The quantitative estimate of drug-likeness (QED) is 0.725. The average molecular weight is 395 g/mol. The predicted molar refractivity (Wildman–Crippen MR) is 108 cm³/mol. The van der Waals surface area contributed by atoms with E-state index in [0.717, 1.165) is 42.8 Å². The van der Waals surface area contributed by atoms with Crippen LogP contribution in [-0.2, 0) is 0 Å². The highest BCUT2D eigenvalue weighted by atomic mass is 16.5. The van der Waals surface area contributed by atoms with Crippen LogP contribution in [0.25, 0.3) is 11.0 Å². The topological polar surface area (TPSA) is 85.5 Å². The van der Waals surface area contributed by atoms with Gasteiger partial charge in [-0.2, -0.15) is 9.97 Å². The van der Waals surface area contributed by atoms with E-state index in [1.165, 1.54) is 0 Å². The summed E-state index contributed by atoms with van der Waals surface area (Å²) in [5.74, 6) is 2.21. The zero-order valence-corrected chi connectivity index (χ0v) is 16.6. The predicted octanol–water partition coefficient (Wildman–Crippen LogP) is 2.29. The van der Waals surface area contributed by atoms with E-state index in [9.17, 15) is 5.11 Å². The Morgan fingerprint density at radius 1 is 1.03 bits per heavy atom. The molecular weight excluding hydrogens is 370 g/mol. The molecular formula is C21H25N5O3. The minimum absolute atomic E-state index is 0.0399. The maximum absolute atomic E-state index is 10.9. The highest BCUT2D eigenvalue weighted by Gasteiger charge is 2.43. The lowest BCUT2D eigenvalue weighted by Crippen LogP contribution is -2.36. The third-order valence-electron chi connectivity index (χ3n) is 6.33. The summed E-state index contributed by atoms with van der Waals surface area (Å²) in [7, 11) is 3.14. The number of fused-ring (bicyclic) bond motifs is 2.